The third-order valence-electron chi connectivity index (χ3n) is 6.23. The Morgan fingerprint density at radius 1 is 1.07 bits per heavy atom. The standard InChI is InChI=1S/C24H28N2O2/c1-26(2)24(19-8-4-3-5-9-19)14-12-20(13-15-24)28-23(27)16-18-17-25-22-11-7-6-10-21(18)22/h3-11,17,20,25H,12-16H2,1-2H3. The Morgan fingerprint density at radius 2 is 1.75 bits per heavy atom. The molecule has 146 valence electrons. The maximum absolute atomic E-state index is 12.5. The summed E-state index contributed by atoms with van der Waals surface area (Å²) in [4.78, 5) is 18.1. The van der Waals surface area contributed by atoms with Crippen molar-refractivity contribution in [3.8, 4) is 0 Å². The molecule has 28 heavy (non-hydrogen) atoms. The van der Waals surface area contributed by atoms with Crippen molar-refractivity contribution in [2.75, 3.05) is 14.1 Å². The Morgan fingerprint density at radius 3 is 2.46 bits per heavy atom. The monoisotopic (exact) mass is 376 g/mol. The zero-order chi connectivity index (χ0) is 19.6. The number of fused-ring (bicyclic) bond motifs is 1. The molecule has 0 saturated heterocycles. The van der Waals surface area contributed by atoms with E-state index in [2.05, 4.69) is 54.3 Å². The number of aromatic nitrogens is 1. The molecule has 1 aliphatic carbocycles. The molecule has 1 N–H and O–H groups in total. The SMILES string of the molecule is CN(C)C1(c2ccccc2)CCC(OC(=O)Cc2c[nH]c3ccccc23)CC1. The molecule has 1 aromatic heterocycles. The number of rotatable bonds is 5. The number of ether oxygens (including phenoxy) is 1. The highest BCUT2D eigenvalue weighted by molar-refractivity contribution is 5.87. The van der Waals surface area contributed by atoms with Crippen LogP contribution in [-0.2, 0) is 21.5 Å². The molecule has 0 amide bonds. The van der Waals surface area contributed by atoms with Crippen molar-refractivity contribution in [2.45, 2.75) is 43.7 Å². The van der Waals surface area contributed by atoms with E-state index in [-0.39, 0.29) is 17.6 Å². The number of aromatic amines is 1. The van der Waals surface area contributed by atoms with E-state index in [0.717, 1.165) is 42.1 Å². The van der Waals surface area contributed by atoms with Crippen LogP contribution in [0.1, 0.15) is 36.8 Å². The van der Waals surface area contributed by atoms with Gasteiger partial charge in [-0.3, -0.25) is 9.69 Å². The van der Waals surface area contributed by atoms with Crippen molar-refractivity contribution in [2.24, 2.45) is 0 Å². The number of carbonyl (C=O) groups is 1. The average molecular weight is 377 g/mol. The van der Waals surface area contributed by atoms with Crippen molar-refractivity contribution < 1.29 is 9.53 Å². The van der Waals surface area contributed by atoms with Gasteiger partial charge in [0.05, 0.1) is 6.42 Å². The second kappa shape index (κ2) is 7.80. The Bertz CT molecular complexity index is 937. The van der Waals surface area contributed by atoms with E-state index in [0.29, 0.717) is 6.42 Å². The molecule has 2 aromatic carbocycles. The lowest BCUT2D eigenvalue weighted by molar-refractivity contribution is -0.151. The van der Waals surface area contributed by atoms with Crippen molar-refractivity contribution in [3.05, 3.63) is 71.9 Å². The van der Waals surface area contributed by atoms with Crippen LogP contribution < -0.4 is 0 Å². The first-order valence-electron chi connectivity index (χ1n) is 10.1. The van der Waals surface area contributed by atoms with Crippen molar-refractivity contribution in [1.29, 1.82) is 0 Å². The second-order valence-corrected chi connectivity index (χ2v) is 8.02. The molecule has 4 rings (SSSR count). The van der Waals surface area contributed by atoms with Crippen LogP contribution in [0.2, 0.25) is 0 Å². The van der Waals surface area contributed by atoms with E-state index in [4.69, 9.17) is 4.74 Å². The highest BCUT2D eigenvalue weighted by Gasteiger charge is 2.39. The van der Waals surface area contributed by atoms with Crippen LogP contribution in [0.15, 0.2) is 60.8 Å². The van der Waals surface area contributed by atoms with Crippen LogP contribution in [0, 0.1) is 0 Å². The summed E-state index contributed by atoms with van der Waals surface area (Å²) in [6.45, 7) is 0. The summed E-state index contributed by atoms with van der Waals surface area (Å²) < 4.78 is 5.85. The molecule has 0 aliphatic heterocycles. The van der Waals surface area contributed by atoms with Crippen LogP contribution in [0.25, 0.3) is 10.9 Å². The lowest BCUT2D eigenvalue weighted by Gasteiger charge is -2.45. The van der Waals surface area contributed by atoms with Gasteiger partial charge in [0.25, 0.3) is 0 Å². The lowest BCUT2D eigenvalue weighted by atomic mass is 9.74. The van der Waals surface area contributed by atoms with E-state index in [9.17, 15) is 4.79 Å². The minimum atomic E-state index is -0.133. The predicted molar refractivity (Wildman–Crippen MR) is 112 cm³/mol. The third kappa shape index (κ3) is 3.57. The smallest absolute Gasteiger partial charge is 0.310 e. The Labute approximate surface area is 166 Å². The van der Waals surface area contributed by atoms with Gasteiger partial charge in [0.1, 0.15) is 6.10 Å². The number of nitrogens with zero attached hydrogens (tertiary/aromatic N) is 1. The molecule has 4 nitrogen and oxygen atoms in total. The van der Waals surface area contributed by atoms with E-state index in [1.807, 2.05) is 30.5 Å². The number of para-hydroxylation sites is 1. The predicted octanol–water partition coefficient (Wildman–Crippen LogP) is 4.65. The van der Waals surface area contributed by atoms with Crippen LogP contribution in [0.4, 0.5) is 0 Å². The van der Waals surface area contributed by atoms with Crippen molar-refractivity contribution in [3.63, 3.8) is 0 Å². The summed E-state index contributed by atoms with van der Waals surface area (Å²) in [5.41, 5.74) is 3.44. The molecule has 0 bridgehead atoms. The molecule has 1 heterocycles. The van der Waals surface area contributed by atoms with Gasteiger partial charge in [-0.05, 0) is 57.0 Å². The zero-order valence-electron chi connectivity index (χ0n) is 16.7. The van der Waals surface area contributed by atoms with E-state index < -0.39 is 0 Å². The minimum absolute atomic E-state index is 0.00879. The first kappa shape index (κ1) is 18.8. The van der Waals surface area contributed by atoms with Gasteiger partial charge in [-0.15, -0.1) is 0 Å². The molecule has 0 radical (unpaired) electrons. The second-order valence-electron chi connectivity index (χ2n) is 8.02. The fourth-order valence-corrected chi connectivity index (χ4v) is 4.59. The van der Waals surface area contributed by atoms with E-state index >= 15 is 0 Å². The number of H-pyrrole nitrogens is 1. The average Bonchev–Trinajstić information content (AvgIpc) is 3.12. The number of hydrogen-bond acceptors (Lipinski definition) is 3. The van der Waals surface area contributed by atoms with Crippen LogP contribution in [0.3, 0.4) is 0 Å². The summed E-state index contributed by atoms with van der Waals surface area (Å²) in [7, 11) is 4.30. The van der Waals surface area contributed by atoms with Gasteiger partial charge in [0, 0.05) is 22.6 Å². The minimum Gasteiger partial charge on any atom is -0.462 e. The number of nitrogens with one attached hydrogen (secondary N) is 1. The first-order valence-corrected chi connectivity index (χ1v) is 10.1. The quantitative estimate of drug-likeness (QED) is 0.659. The highest BCUT2D eigenvalue weighted by Crippen LogP contribution is 2.41. The van der Waals surface area contributed by atoms with Gasteiger partial charge in [0.15, 0.2) is 0 Å². The molecule has 0 atom stereocenters. The van der Waals surface area contributed by atoms with Gasteiger partial charge in [-0.1, -0.05) is 48.5 Å². The summed E-state index contributed by atoms with van der Waals surface area (Å²) in [6.07, 6.45) is 6.02. The Kier molecular flexibility index (Phi) is 5.23. The number of carbonyl (C=O) groups excluding carboxylic acids is 1. The normalized spacial score (nSPS) is 22.5. The van der Waals surface area contributed by atoms with E-state index in [1.165, 1.54) is 5.56 Å². The van der Waals surface area contributed by atoms with Gasteiger partial charge in [0.2, 0.25) is 0 Å². The molecular weight excluding hydrogens is 348 g/mol. The zero-order valence-corrected chi connectivity index (χ0v) is 16.7. The summed E-state index contributed by atoms with van der Waals surface area (Å²) in [5.74, 6) is -0.133. The number of esters is 1. The van der Waals surface area contributed by atoms with Gasteiger partial charge in [-0.2, -0.15) is 0 Å². The number of hydrogen-bond donors (Lipinski definition) is 1. The third-order valence-corrected chi connectivity index (χ3v) is 6.23. The van der Waals surface area contributed by atoms with Gasteiger partial charge >= 0.3 is 5.97 Å². The van der Waals surface area contributed by atoms with Crippen LogP contribution >= 0.6 is 0 Å². The molecule has 0 unspecified atom stereocenters. The molecule has 1 saturated carbocycles. The largest absolute Gasteiger partial charge is 0.462 e. The molecular formula is C24H28N2O2. The fraction of sp³-hybridized carbons (Fsp3) is 0.375. The van der Waals surface area contributed by atoms with Crippen LogP contribution in [-0.4, -0.2) is 36.1 Å². The Hall–Kier alpha value is -2.59. The molecule has 4 heteroatoms. The fourth-order valence-electron chi connectivity index (χ4n) is 4.59. The van der Waals surface area contributed by atoms with Crippen LogP contribution in [0.5, 0.6) is 0 Å². The number of benzene rings is 2. The topological polar surface area (TPSA) is 45.3 Å². The van der Waals surface area contributed by atoms with E-state index in [1.54, 1.807) is 0 Å². The molecule has 3 aromatic rings. The summed E-state index contributed by atoms with van der Waals surface area (Å²) >= 11 is 0. The van der Waals surface area contributed by atoms with Crippen molar-refractivity contribution >= 4 is 16.9 Å². The van der Waals surface area contributed by atoms with Gasteiger partial charge < -0.3 is 9.72 Å². The Balaban J connectivity index is 1.39. The first-order chi connectivity index (χ1) is 13.6. The summed E-state index contributed by atoms with van der Waals surface area (Å²) in [5, 5.41) is 1.10. The maximum atomic E-state index is 12.5. The molecule has 1 aliphatic rings. The molecule has 0 spiro atoms. The summed E-state index contributed by atoms with van der Waals surface area (Å²) in [6, 6.07) is 18.7. The van der Waals surface area contributed by atoms with Gasteiger partial charge in [-0.25, -0.2) is 0 Å². The lowest BCUT2D eigenvalue weighted by Crippen LogP contribution is -2.45. The van der Waals surface area contributed by atoms with Crippen molar-refractivity contribution in [1.82, 2.24) is 9.88 Å². The highest BCUT2D eigenvalue weighted by atomic mass is 16.5. The molecule has 1 fully saturated rings. The maximum Gasteiger partial charge on any atom is 0.310 e.